The number of halogens is 3. The average molecular weight is 281 g/mol. The number of carboxylic acid groups (broad SMARTS) is 3. The molecule has 3 N–H and O–H groups in total. The molecule has 0 bridgehead atoms. The molecule has 0 aliphatic carbocycles. The van der Waals surface area contributed by atoms with Gasteiger partial charge in [-0.3, -0.25) is 0 Å². The van der Waals surface area contributed by atoms with Crippen LogP contribution in [0.25, 0.3) is 0 Å². The normalized spacial score (nSPS) is 5.77. The molecule has 6 nitrogen and oxygen atoms in total. The smallest absolute Gasteiger partial charge is 0.456 e. The van der Waals surface area contributed by atoms with E-state index >= 15 is 0 Å². The summed E-state index contributed by atoms with van der Waals surface area (Å²) in [7, 11) is 0. The molecule has 0 amide bonds. The van der Waals surface area contributed by atoms with E-state index in [9.17, 15) is 13.2 Å². The van der Waals surface area contributed by atoms with Crippen molar-refractivity contribution in [2.45, 2.75) is 0 Å². The Morgan fingerprint density at radius 3 is 0.692 bits per heavy atom. The van der Waals surface area contributed by atoms with Crippen LogP contribution in [0.3, 0.4) is 0 Å². The Labute approximate surface area is 94.2 Å². The van der Waals surface area contributed by atoms with Gasteiger partial charge < -0.3 is 15.3 Å². The molecular weight excluding hydrogens is 278 g/mol. The quantitative estimate of drug-likeness (QED) is 0.584. The largest absolute Gasteiger partial charge is 0.492 e. The zero-order valence-corrected chi connectivity index (χ0v) is 8.62. The zero-order chi connectivity index (χ0) is 10.7. The second-order valence-corrected chi connectivity index (χ2v) is 0.759. The third-order valence-corrected chi connectivity index (χ3v) is 0. The van der Waals surface area contributed by atoms with E-state index < -0.39 is 18.7 Å². The van der Waals surface area contributed by atoms with Crippen LogP contribution in [-0.4, -0.2) is 34.0 Å². The summed E-state index contributed by atoms with van der Waals surface area (Å²) in [5.74, 6) is 0. The molecule has 0 aromatic heterocycles. The van der Waals surface area contributed by atoms with E-state index in [4.69, 9.17) is 29.7 Å². The van der Waals surface area contributed by atoms with E-state index in [0.29, 0.717) is 0 Å². The van der Waals surface area contributed by atoms with E-state index in [1.165, 1.54) is 0 Å². The molecule has 0 atom stereocenters. The minimum Gasteiger partial charge on any atom is -0.456 e. The van der Waals surface area contributed by atoms with Crippen LogP contribution in [0.1, 0.15) is 0 Å². The third kappa shape index (κ3) is 2020. The van der Waals surface area contributed by atoms with Crippen molar-refractivity contribution in [3.05, 3.63) is 0 Å². The molecule has 13 heavy (non-hydrogen) atoms. The molecule has 0 aromatic rings. The van der Waals surface area contributed by atoms with E-state index in [0.717, 1.165) is 0 Å². The van der Waals surface area contributed by atoms with Crippen molar-refractivity contribution in [3.8, 4) is 0 Å². The molecule has 0 spiro atoms. The van der Waals surface area contributed by atoms with Gasteiger partial charge in [-0.2, -0.15) is 0 Å². The molecule has 0 rings (SSSR count). The van der Waals surface area contributed by atoms with Crippen molar-refractivity contribution in [2.75, 3.05) is 0 Å². The summed E-state index contributed by atoms with van der Waals surface area (Å²) >= 11 is 0. The van der Waals surface area contributed by atoms with E-state index in [2.05, 4.69) is 0 Å². The van der Waals surface area contributed by atoms with Crippen LogP contribution in [-0.2, 0) is 32.7 Å². The van der Waals surface area contributed by atoms with Crippen LogP contribution in [0.5, 0.6) is 0 Å². The molecule has 75 valence electrons. The Morgan fingerprint density at radius 1 is 0.692 bits per heavy atom. The van der Waals surface area contributed by atoms with Gasteiger partial charge in [-0.1, -0.05) is 0 Å². The molecule has 0 unspecified atom stereocenters. The standard InChI is InChI=1S/3CHFO2.Y/c3*2-1(3)4;/h3*(H,3,4);. The predicted molar refractivity (Wildman–Crippen MR) is 27.4 cm³/mol. The first-order valence-electron chi connectivity index (χ1n) is 1.85. The third-order valence-electron chi connectivity index (χ3n) is 0. The second-order valence-electron chi connectivity index (χ2n) is 0.759. The minimum absolute atomic E-state index is 0. The van der Waals surface area contributed by atoms with Gasteiger partial charge in [0, 0.05) is 32.7 Å². The van der Waals surface area contributed by atoms with Crippen LogP contribution < -0.4 is 0 Å². The molecule has 0 fully saturated rings. The van der Waals surface area contributed by atoms with Crippen molar-refractivity contribution >= 4 is 18.7 Å². The number of carbonyl (C=O) groups is 3. The summed E-state index contributed by atoms with van der Waals surface area (Å²) < 4.78 is 29.8. The Hall–Kier alpha value is -0.696. The van der Waals surface area contributed by atoms with Crippen LogP contribution >= 0.6 is 0 Å². The monoisotopic (exact) mass is 281 g/mol. The Bertz CT molecular complexity index is 121. The van der Waals surface area contributed by atoms with E-state index in [-0.39, 0.29) is 32.7 Å². The maximum atomic E-state index is 9.92. The minimum atomic E-state index is -2.33. The van der Waals surface area contributed by atoms with Crippen LogP contribution in [0.4, 0.5) is 27.6 Å². The van der Waals surface area contributed by atoms with Crippen molar-refractivity contribution in [3.63, 3.8) is 0 Å². The summed E-state index contributed by atoms with van der Waals surface area (Å²) in [6.07, 6.45) is -7.00. The molecule has 0 saturated heterocycles. The predicted octanol–water partition coefficient (Wildman–Crippen LogP) is 1.90. The van der Waals surface area contributed by atoms with Gasteiger partial charge in [-0.15, -0.1) is 13.2 Å². The van der Waals surface area contributed by atoms with E-state index in [1.807, 2.05) is 0 Å². The molecular formula is C3H3F3O6Y. The Balaban J connectivity index is -0.0000000450. The molecule has 0 saturated carbocycles. The van der Waals surface area contributed by atoms with Crippen molar-refractivity contribution in [1.29, 1.82) is 0 Å². The summed E-state index contributed by atoms with van der Waals surface area (Å²) in [5, 5.41) is 20.2. The van der Waals surface area contributed by atoms with Gasteiger partial charge >= 0.3 is 18.7 Å². The molecule has 1 radical (unpaired) electrons. The number of rotatable bonds is 0. The first-order valence-corrected chi connectivity index (χ1v) is 1.85. The van der Waals surface area contributed by atoms with Gasteiger partial charge in [0.15, 0.2) is 0 Å². The average Bonchev–Trinajstić information content (AvgIpc) is 1.54. The fourth-order valence-electron chi connectivity index (χ4n) is 0. The zero-order valence-electron chi connectivity index (χ0n) is 5.78. The van der Waals surface area contributed by atoms with Crippen molar-refractivity contribution < 1.29 is 75.6 Å². The summed E-state index contributed by atoms with van der Waals surface area (Å²) in [6, 6.07) is 0. The molecule has 0 aliphatic heterocycles. The van der Waals surface area contributed by atoms with Crippen LogP contribution in [0.15, 0.2) is 0 Å². The number of hydrogen-bond donors (Lipinski definition) is 3. The SMILES string of the molecule is O=C(O)F.O=C(O)F.O=C(O)F.[Y]. The topological polar surface area (TPSA) is 112 Å². The van der Waals surface area contributed by atoms with Crippen LogP contribution in [0.2, 0.25) is 0 Å². The molecule has 0 aromatic carbocycles. The summed E-state index contributed by atoms with van der Waals surface area (Å²) in [6.45, 7) is 0. The van der Waals surface area contributed by atoms with Gasteiger partial charge in [-0.05, 0) is 0 Å². The molecule has 0 heterocycles. The Kier molecular flexibility index (Phi) is 30.5. The van der Waals surface area contributed by atoms with E-state index in [1.54, 1.807) is 0 Å². The number of hydrogen-bond acceptors (Lipinski definition) is 3. The maximum absolute atomic E-state index is 9.92. The summed E-state index contributed by atoms with van der Waals surface area (Å²) in [4.78, 5) is 25.0. The molecule has 0 aliphatic rings. The first kappa shape index (κ1) is 22.8. The van der Waals surface area contributed by atoms with Crippen molar-refractivity contribution in [2.24, 2.45) is 0 Å². The van der Waals surface area contributed by atoms with Gasteiger partial charge in [0.2, 0.25) is 0 Å². The van der Waals surface area contributed by atoms with Gasteiger partial charge in [0.05, 0.1) is 0 Å². The maximum Gasteiger partial charge on any atom is 0.492 e. The second kappa shape index (κ2) is 17.4. The van der Waals surface area contributed by atoms with Crippen molar-refractivity contribution in [1.82, 2.24) is 0 Å². The van der Waals surface area contributed by atoms with Crippen LogP contribution in [0, 0.1) is 0 Å². The first-order chi connectivity index (χ1) is 5.20. The fourth-order valence-corrected chi connectivity index (χ4v) is 0. The molecule has 10 heteroatoms. The fraction of sp³-hybridized carbons (Fsp3) is 0. The van der Waals surface area contributed by atoms with Gasteiger partial charge in [-0.25, -0.2) is 14.4 Å². The van der Waals surface area contributed by atoms with Gasteiger partial charge in [0.25, 0.3) is 0 Å². The summed E-state index contributed by atoms with van der Waals surface area (Å²) in [5.41, 5.74) is 0. The van der Waals surface area contributed by atoms with Gasteiger partial charge in [0.1, 0.15) is 0 Å². The Morgan fingerprint density at radius 2 is 0.692 bits per heavy atom.